The highest BCUT2D eigenvalue weighted by Crippen LogP contribution is 2.29. The van der Waals surface area contributed by atoms with Crippen LogP contribution in [0.2, 0.25) is 15.1 Å². The molecule has 0 atom stereocenters. The molecule has 3 aromatic rings. The molecule has 2 nitrogen and oxygen atoms in total. The van der Waals surface area contributed by atoms with Gasteiger partial charge in [0.05, 0.1) is 5.02 Å². The molecule has 1 heterocycles. The van der Waals surface area contributed by atoms with Crippen molar-refractivity contribution < 1.29 is 9.21 Å². The van der Waals surface area contributed by atoms with Gasteiger partial charge >= 0.3 is 0 Å². The molecule has 5 heteroatoms. The summed E-state index contributed by atoms with van der Waals surface area (Å²) in [4.78, 5) is 12.3. The van der Waals surface area contributed by atoms with Crippen LogP contribution in [0, 0.1) is 0 Å². The van der Waals surface area contributed by atoms with Gasteiger partial charge in [0.15, 0.2) is 11.3 Å². The third-order valence-corrected chi connectivity index (χ3v) is 4.18. The number of Topliss-reactive ketones (excluding diaryl/α,β-unsaturated/α-hetero) is 1. The van der Waals surface area contributed by atoms with Gasteiger partial charge in [0.1, 0.15) is 0 Å². The zero-order valence-corrected chi connectivity index (χ0v) is 13.0. The zero-order chi connectivity index (χ0) is 15.0. The molecule has 0 amide bonds. The maximum Gasteiger partial charge on any atom is 0.202 e. The van der Waals surface area contributed by atoms with Gasteiger partial charge in [-0.3, -0.25) is 4.79 Å². The highest BCUT2D eigenvalue weighted by atomic mass is 35.5. The first-order chi connectivity index (χ1) is 10.1. The van der Waals surface area contributed by atoms with E-state index in [4.69, 9.17) is 39.2 Å². The number of hydrogen-bond acceptors (Lipinski definition) is 2. The standard InChI is InChI=1S/C16H9Cl3O2/c17-11-4-2-5-12(18)10(11)8-14(20)15-7-9-3-1-6-13(19)16(9)21-15/h1-7H,8H2. The Morgan fingerprint density at radius 2 is 1.57 bits per heavy atom. The quantitative estimate of drug-likeness (QED) is 0.563. The molecule has 0 bridgehead atoms. The molecule has 21 heavy (non-hydrogen) atoms. The van der Waals surface area contributed by atoms with Crippen molar-refractivity contribution in [2.45, 2.75) is 6.42 Å². The molecule has 0 aliphatic rings. The summed E-state index contributed by atoms with van der Waals surface area (Å²) in [6.45, 7) is 0. The van der Waals surface area contributed by atoms with Crippen molar-refractivity contribution in [3.63, 3.8) is 0 Å². The van der Waals surface area contributed by atoms with Crippen molar-refractivity contribution in [1.82, 2.24) is 0 Å². The molecule has 2 aromatic carbocycles. The molecule has 0 saturated heterocycles. The molecule has 0 aliphatic carbocycles. The molecule has 3 rings (SSSR count). The second-order valence-corrected chi connectivity index (χ2v) is 5.79. The molecule has 0 spiro atoms. The van der Waals surface area contributed by atoms with Crippen LogP contribution in [0.25, 0.3) is 11.0 Å². The van der Waals surface area contributed by atoms with Gasteiger partial charge in [0.2, 0.25) is 5.78 Å². The summed E-state index contributed by atoms with van der Waals surface area (Å²) in [5.74, 6) is 0.0475. The SMILES string of the molecule is O=C(Cc1c(Cl)cccc1Cl)c1cc2cccc(Cl)c2o1. The topological polar surface area (TPSA) is 30.2 Å². The Labute approximate surface area is 136 Å². The highest BCUT2D eigenvalue weighted by Gasteiger charge is 2.17. The van der Waals surface area contributed by atoms with Gasteiger partial charge < -0.3 is 4.42 Å². The normalized spacial score (nSPS) is 11.0. The Kier molecular flexibility index (Phi) is 3.94. The molecular formula is C16H9Cl3O2. The fourth-order valence-corrected chi connectivity index (χ4v) is 2.87. The van der Waals surface area contributed by atoms with Gasteiger partial charge in [0.25, 0.3) is 0 Å². The number of fused-ring (bicyclic) bond motifs is 1. The minimum absolute atomic E-state index is 0.0793. The first-order valence-corrected chi connectivity index (χ1v) is 7.34. The van der Waals surface area contributed by atoms with E-state index in [1.54, 1.807) is 36.4 Å². The highest BCUT2D eigenvalue weighted by molar-refractivity contribution is 6.36. The summed E-state index contributed by atoms with van der Waals surface area (Å²) in [6, 6.07) is 12.2. The summed E-state index contributed by atoms with van der Waals surface area (Å²) < 4.78 is 5.54. The van der Waals surface area contributed by atoms with Crippen LogP contribution in [-0.2, 0) is 6.42 Å². The van der Waals surface area contributed by atoms with Crippen LogP contribution in [0.4, 0.5) is 0 Å². The van der Waals surface area contributed by atoms with Crippen LogP contribution in [0.3, 0.4) is 0 Å². The molecule has 106 valence electrons. The first-order valence-electron chi connectivity index (χ1n) is 6.20. The molecule has 0 radical (unpaired) electrons. The van der Waals surface area contributed by atoms with Crippen molar-refractivity contribution in [2.75, 3.05) is 0 Å². The number of benzene rings is 2. The van der Waals surface area contributed by atoms with E-state index in [9.17, 15) is 4.79 Å². The fourth-order valence-electron chi connectivity index (χ4n) is 2.11. The smallest absolute Gasteiger partial charge is 0.202 e. The summed E-state index contributed by atoms with van der Waals surface area (Å²) >= 11 is 18.2. The van der Waals surface area contributed by atoms with E-state index in [2.05, 4.69) is 0 Å². The Bertz CT molecular complexity index is 816. The van der Waals surface area contributed by atoms with E-state index in [1.165, 1.54) is 0 Å². The Morgan fingerprint density at radius 1 is 0.952 bits per heavy atom. The molecule has 0 aliphatic heterocycles. The van der Waals surface area contributed by atoms with E-state index in [0.717, 1.165) is 5.39 Å². The lowest BCUT2D eigenvalue weighted by molar-refractivity contribution is 0.0968. The van der Waals surface area contributed by atoms with Gasteiger partial charge in [0, 0.05) is 21.9 Å². The number of rotatable bonds is 3. The van der Waals surface area contributed by atoms with E-state index in [0.29, 0.717) is 26.2 Å². The van der Waals surface area contributed by atoms with E-state index in [1.807, 2.05) is 6.07 Å². The average Bonchev–Trinajstić information content (AvgIpc) is 2.88. The van der Waals surface area contributed by atoms with Gasteiger partial charge in [-0.05, 0) is 29.8 Å². The third-order valence-electron chi connectivity index (χ3n) is 3.17. The lowest BCUT2D eigenvalue weighted by Crippen LogP contribution is -2.03. The predicted molar refractivity (Wildman–Crippen MR) is 85.7 cm³/mol. The second kappa shape index (κ2) is 5.72. The van der Waals surface area contributed by atoms with Crippen LogP contribution < -0.4 is 0 Å². The Hall–Kier alpha value is -1.48. The summed E-state index contributed by atoms with van der Waals surface area (Å²) in [7, 11) is 0. The minimum Gasteiger partial charge on any atom is -0.451 e. The van der Waals surface area contributed by atoms with Crippen molar-refractivity contribution in [3.05, 3.63) is 68.9 Å². The van der Waals surface area contributed by atoms with Crippen LogP contribution in [0.5, 0.6) is 0 Å². The largest absolute Gasteiger partial charge is 0.451 e. The second-order valence-electron chi connectivity index (χ2n) is 4.57. The number of carbonyl (C=O) groups excluding carboxylic acids is 1. The first kappa shape index (κ1) is 14.5. The molecule has 0 fully saturated rings. The number of furan rings is 1. The van der Waals surface area contributed by atoms with Gasteiger partial charge in [-0.2, -0.15) is 0 Å². The molecule has 0 saturated carbocycles. The molecular weight excluding hydrogens is 331 g/mol. The predicted octanol–water partition coefficient (Wildman–Crippen LogP) is 5.82. The van der Waals surface area contributed by atoms with Crippen molar-refractivity contribution in [3.8, 4) is 0 Å². The van der Waals surface area contributed by atoms with E-state index in [-0.39, 0.29) is 18.0 Å². The number of hydrogen-bond donors (Lipinski definition) is 0. The number of halogens is 3. The number of carbonyl (C=O) groups is 1. The van der Waals surface area contributed by atoms with Gasteiger partial charge in [-0.15, -0.1) is 0 Å². The lowest BCUT2D eigenvalue weighted by atomic mass is 10.1. The summed E-state index contributed by atoms with van der Waals surface area (Å²) in [6.07, 6.45) is 0.0793. The van der Waals surface area contributed by atoms with Crippen LogP contribution in [0.15, 0.2) is 46.9 Å². The lowest BCUT2D eigenvalue weighted by Gasteiger charge is -2.04. The van der Waals surface area contributed by atoms with Crippen LogP contribution >= 0.6 is 34.8 Å². The van der Waals surface area contributed by atoms with Gasteiger partial charge in [-0.25, -0.2) is 0 Å². The maximum absolute atomic E-state index is 12.3. The van der Waals surface area contributed by atoms with E-state index >= 15 is 0 Å². The monoisotopic (exact) mass is 338 g/mol. The van der Waals surface area contributed by atoms with Crippen molar-refractivity contribution in [2.24, 2.45) is 0 Å². The van der Waals surface area contributed by atoms with Crippen LogP contribution in [-0.4, -0.2) is 5.78 Å². The third kappa shape index (κ3) is 2.80. The van der Waals surface area contributed by atoms with Crippen molar-refractivity contribution in [1.29, 1.82) is 0 Å². The maximum atomic E-state index is 12.3. The van der Waals surface area contributed by atoms with Gasteiger partial charge in [-0.1, -0.05) is 53.0 Å². The molecule has 0 unspecified atom stereocenters. The van der Waals surface area contributed by atoms with E-state index < -0.39 is 0 Å². The Balaban J connectivity index is 1.96. The molecule has 0 N–H and O–H groups in total. The summed E-state index contributed by atoms with van der Waals surface area (Å²) in [5.41, 5.74) is 1.10. The Morgan fingerprint density at radius 3 is 2.24 bits per heavy atom. The number of para-hydroxylation sites is 1. The summed E-state index contributed by atoms with van der Waals surface area (Å²) in [5, 5.41) is 2.19. The zero-order valence-electron chi connectivity index (χ0n) is 10.7. The number of ketones is 1. The van der Waals surface area contributed by atoms with Crippen molar-refractivity contribution >= 4 is 51.6 Å². The minimum atomic E-state index is -0.197. The van der Waals surface area contributed by atoms with Crippen LogP contribution in [0.1, 0.15) is 16.1 Å². The molecule has 1 aromatic heterocycles. The fraction of sp³-hybridized carbons (Fsp3) is 0.0625. The average molecular weight is 340 g/mol.